The van der Waals surface area contributed by atoms with Crippen LogP contribution in [0.5, 0.6) is 11.5 Å². The summed E-state index contributed by atoms with van der Waals surface area (Å²) in [5.41, 5.74) is -0.497. The smallest absolute Gasteiger partial charge is 0.490 e. The van der Waals surface area contributed by atoms with Crippen molar-refractivity contribution in [1.82, 2.24) is 0 Å². The van der Waals surface area contributed by atoms with E-state index in [-0.39, 0.29) is 11.9 Å². The van der Waals surface area contributed by atoms with Gasteiger partial charge in [0.2, 0.25) is 5.43 Å². The fourth-order valence-corrected chi connectivity index (χ4v) is 2.83. The van der Waals surface area contributed by atoms with Crippen molar-refractivity contribution < 1.29 is 19.0 Å². The van der Waals surface area contributed by atoms with Crippen molar-refractivity contribution in [3.8, 4) is 11.5 Å². The van der Waals surface area contributed by atoms with E-state index in [0.717, 1.165) is 12.8 Å². The minimum atomic E-state index is -0.891. The van der Waals surface area contributed by atoms with Crippen LogP contribution < -0.4 is 14.9 Å². The van der Waals surface area contributed by atoms with E-state index in [4.69, 9.17) is 14.2 Å². The van der Waals surface area contributed by atoms with Gasteiger partial charge in [-0.05, 0) is 76.1 Å². The van der Waals surface area contributed by atoms with Gasteiger partial charge < -0.3 is 14.2 Å². The summed E-state index contributed by atoms with van der Waals surface area (Å²) in [5.74, 6) is 0.544. The van der Waals surface area contributed by atoms with Crippen LogP contribution in [-0.4, -0.2) is 17.9 Å². The fourth-order valence-electron chi connectivity index (χ4n) is 2.83. The lowest BCUT2D eigenvalue weighted by Crippen LogP contribution is -2.34. The Kier molecular flexibility index (Phi) is 3.82. The summed E-state index contributed by atoms with van der Waals surface area (Å²) in [4.78, 5) is 23.6. The molecular formula is C18H22O5. The maximum Gasteiger partial charge on any atom is 0.514 e. The molecule has 0 amide bonds. The lowest BCUT2D eigenvalue weighted by molar-refractivity contribution is 0.0204. The monoisotopic (exact) mass is 318 g/mol. The van der Waals surface area contributed by atoms with Gasteiger partial charge in [-0.3, -0.25) is 4.79 Å². The molecular weight excluding hydrogens is 296 g/mol. The second-order valence-electron chi connectivity index (χ2n) is 7.51. The number of carbonyl (C=O) groups excluding carboxylic acids is 1. The number of rotatable bonds is 3. The highest BCUT2D eigenvalue weighted by Gasteiger charge is 2.54. The molecule has 5 heteroatoms. The quantitative estimate of drug-likeness (QED) is 0.796. The Bertz CT molecular complexity index is 662. The Hall–Kier alpha value is -2.04. The van der Waals surface area contributed by atoms with E-state index >= 15 is 0 Å². The summed E-state index contributed by atoms with van der Waals surface area (Å²) in [7, 11) is 0. The first-order valence-electron chi connectivity index (χ1n) is 7.97. The normalized spacial score (nSPS) is 18.9. The van der Waals surface area contributed by atoms with E-state index in [9.17, 15) is 9.59 Å². The highest BCUT2D eigenvalue weighted by Crippen LogP contribution is 2.61. The molecule has 0 bridgehead atoms. The first-order chi connectivity index (χ1) is 10.7. The van der Waals surface area contributed by atoms with Gasteiger partial charge in [-0.2, -0.15) is 0 Å². The van der Waals surface area contributed by atoms with Crippen LogP contribution in [0.3, 0.4) is 0 Å². The minimum Gasteiger partial charge on any atom is -0.490 e. The van der Waals surface area contributed by atoms with Crippen LogP contribution in [0.4, 0.5) is 4.79 Å². The zero-order valence-corrected chi connectivity index (χ0v) is 13.8. The number of hydrogen-bond acceptors (Lipinski definition) is 5. The van der Waals surface area contributed by atoms with E-state index in [1.165, 1.54) is 25.0 Å². The van der Waals surface area contributed by atoms with Crippen LogP contribution >= 0.6 is 0 Å². The Morgan fingerprint density at radius 3 is 2.39 bits per heavy atom. The molecule has 124 valence electrons. The van der Waals surface area contributed by atoms with E-state index in [2.05, 4.69) is 0 Å². The highest BCUT2D eigenvalue weighted by atomic mass is 16.7. The average Bonchev–Trinajstić information content (AvgIpc) is 3.17. The summed E-state index contributed by atoms with van der Waals surface area (Å²) < 4.78 is 15.9. The van der Waals surface area contributed by atoms with Crippen molar-refractivity contribution in [3.05, 3.63) is 34.5 Å². The van der Waals surface area contributed by atoms with Gasteiger partial charge in [0, 0.05) is 0 Å². The summed E-state index contributed by atoms with van der Waals surface area (Å²) in [5, 5.41) is 0. The van der Waals surface area contributed by atoms with Gasteiger partial charge in [0.25, 0.3) is 0 Å². The number of hydrogen-bond donors (Lipinski definition) is 0. The standard InChI is InChI=1S/C18H22O5/c1-17(2,3)23-16(20)22-15-7-5-12(4-6-14(15)19)21-13-10-18(11-13)8-9-18/h4-7,13H,8-11H2,1-3H3. The molecule has 23 heavy (non-hydrogen) atoms. The molecule has 2 aliphatic rings. The number of ether oxygens (including phenoxy) is 3. The molecule has 5 nitrogen and oxygen atoms in total. The van der Waals surface area contributed by atoms with Gasteiger partial charge in [-0.15, -0.1) is 0 Å². The Morgan fingerprint density at radius 2 is 1.78 bits per heavy atom. The lowest BCUT2D eigenvalue weighted by Gasteiger charge is -2.35. The van der Waals surface area contributed by atoms with Crippen LogP contribution in [-0.2, 0) is 4.74 Å². The van der Waals surface area contributed by atoms with Gasteiger partial charge in [0.05, 0.1) is 6.10 Å². The van der Waals surface area contributed by atoms with Crippen molar-refractivity contribution in [2.24, 2.45) is 5.41 Å². The summed E-state index contributed by atoms with van der Waals surface area (Å²) in [6, 6.07) is 6.06. The topological polar surface area (TPSA) is 61.8 Å². The number of carbonyl (C=O) groups is 1. The van der Waals surface area contributed by atoms with Gasteiger partial charge in [-0.1, -0.05) is 0 Å². The maximum absolute atomic E-state index is 12.0. The van der Waals surface area contributed by atoms with Crippen molar-refractivity contribution >= 4 is 6.16 Å². The molecule has 1 spiro atoms. The van der Waals surface area contributed by atoms with Gasteiger partial charge in [0.1, 0.15) is 11.4 Å². The molecule has 0 atom stereocenters. The molecule has 2 saturated carbocycles. The van der Waals surface area contributed by atoms with Crippen molar-refractivity contribution in [2.45, 2.75) is 58.2 Å². The van der Waals surface area contributed by atoms with E-state index in [0.29, 0.717) is 11.2 Å². The summed E-state index contributed by atoms with van der Waals surface area (Å²) >= 11 is 0. The Labute approximate surface area is 135 Å². The molecule has 0 heterocycles. The summed E-state index contributed by atoms with van der Waals surface area (Å²) in [6.45, 7) is 5.19. The third-order valence-electron chi connectivity index (χ3n) is 4.20. The lowest BCUT2D eigenvalue weighted by atomic mass is 9.79. The zero-order chi connectivity index (χ0) is 16.7. The molecule has 0 unspecified atom stereocenters. The predicted octanol–water partition coefficient (Wildman–Crippen LogP) is 3.68. The van der Waals surface area contributed by atoms with Crippen molar-refractivity contribution in [1.29, 1.82) is 0 Å². The van der Waals surface area contributed by atoms with Crippen molar-refractivity contribution in [3.63, 3.8) is 0 Å². The minimum absolute atomic E-state index is 0.0682. The molecule has 0 radical (unpaired) electrons. The molecule has 2 aliphatic carbocycles. The second kappa shape index (κ2) is 5.55. The fraction of sp³-hybridized carbons (Fsp3) is 0.556. The molecule has 2 fully saturated rings. The van der Waals surface area contributed by atoms with Crippen LogP contribution in [0.15, 0.2) is 29.1 Å². The Morgan fingerprint density at radius 1 is 1.13 bits per heavy atom. The van der Waals surface area contributed by atoms with E-state index in [1.54, 1.807) is 32.9 Å². The highest BCUT2D eigenvalue weighted by molar-refractivity contribution is 5.64. The Balaban J connectivity index is 1.63. The molecule has 0 aliphatic heterocycles. The average molecular weight is 318 g/mol. The van der Waals surface area contributed by atoms with Crippen LogP contribution in [0.25, 0.3) is 0 Å². The second-order valence-corrected chi connectivity index (χ2v) is 7.51. The molecule has 1 aromatic carbocycles. The van der Waals surface area contributed by atoms with Crippen LogP contribution in [0.1, 0.15) is 46.5 Å². The van der Waals surface area contributed by atoms with Crippen molar-refractivity contribution in [2.75, 3.05) is 0 Å². The first kappa shape index (κ1) is 15.8. The van der Waals surface area contributed by atoms with Gasteiger partial charge in [-0.25, -0.2) is 4.79 Å². The maximum atomic E-state index is 12.0. The van der Waals surface area contributed by atoms with Crippen LogP contribution in [0.2, 0.25) is 0 Å². The summed E-state index contributed by atoms with van der Waals surface area (Å²) in [6.07, 6.45) is 4.15. The predicted molar refractivity (Wildman–Crippen MR) is 84.9 cm³/mol. The largest absolute Gasteiger partial charge is 0.514 e. The van der Waals surface area contributed by atoms with E-state index < -0.39 is 17.2 Å². The zero-order valence-electron chi connectivity index (χ0n) is 13.8. The third-order valence-corrected chi connectivity index (χ3v) is 4.20. The van der Waals surface area contributed by atoms with Crippen LogP contribution in [0, 0.1) is 5.41 Å². The molecule has 1 aromatic rings. The first-order valence-corrected chi connectivity index (χ1v) is 7.97. The third kappa shape index (κ3) is 4.03. The van der Waals surface area contributed by atoms with Gasteiger partial charge in [0.15, 0.2) is 5.75 Å². The SMILES string of the molecule is CC(C)(C)OC(=O)Oc1ccc(OC2CC3(CC3)C2)ccc1=O. The van der Waals surface area contributed by atoms with E-state index in [1.807, 2.05) is 0 Å². The molecule has 0 saturated heterocycles. The molecule has 0 N–H and O–H groups in total. The van der Waals surface area contributed by atoms with Gasteiger partial charge >= 0.3 is 6.16 Å². The molecule has 3 rings (SSSR count). The molecule has 0 aromatic heterocycles.